The van der Waals surface area contributed by atoms with Crippen molar-refractivity contribution in [2.24, 2.45) is 4.99 Å². The van der Waals surface area contributed by atoms with Gasteiger partial charge in [-0.1, -0.05) is 65.9 Å². The molecular formula is C32H28N2O6S. The minimum absolute atomic E-state index is 0.170. The molecule has 1 atom stereocenters. The highest BCUT2D eigenvalue weighted by Gasteiger charge is 2.34. The largest absolute Gasteiger partial charge is 0.493 e. The molecule has 0 fully saturated rings. The number of fused-ring (bicyclic) bond motifs is 3. The van der Waals surface area contributed by atoms with E-state index in [0.29, 0.717) is 32.1 Å². The summed E-state index contributed by atoms with van der Waals surface area (Å²) in [7, 11) is 4.53. The number of carbonyl (C=O) groups is 1. The number of hydrogen-bond acceptors (Lipinski definition) is 8. The maximum atomic E-state index is 14.2. The highest BCUT2D eigenvalue weighted by atomic mass is 32.1. The topological polar surface area (TPSA) is 88.4 Å². The summed E-state index contributed by atoms with van der Waals surface area (Å²) in [5, 5.41) is 0. The number of hydrogen-bond donors (Lipinski definition) is 0. The van der Waals surface area contributed by atoms with E-state index in [1.807, 2.05) is 48.5 Å². The van der Waals surface area contributed by atoms with Crippen LogP contribution in [-0.4, -0.2) is 38.5 Å². The Labute approximate surface area is 240 Å². The summed E-state index contributed by atoms with van der Waals surface area (Å²) >= 11 is 1.32. The van der Waals surface area contributed by atoms with Gasteiger partial charge in [0.2, 0.25) is 0 Å². The predicted octanol–water partition coefficient (Wildman–Crippen LogP) is 3.89. The number of methoxy groups -OCH3 is 3. The standard InChI is InChI=1S/C32H28N2O6S/c1-37-25-14-8-12-23(30(25)39-3)29-22-16-15-19-9-4-6-11-21(19)28(22)33-32-34(29)31(36)26(41-32)17-20-10-5-7-13-24(20)40-18-27(35)38-2/h4-14,17,29H,15-16,18H2,1-3H3. The van der Waals surface area contributed by atoms with Gasteiger partial charge in [0.05, 0.1) is 37.6 Å². The number of benzene rings is 3. The molecule has 0 bridgehead atoms. The highest BCUT2D eigenvalue weighted by Crippen LogP contribution is 2.45. The second kappa shape index (κ2) is 11.1. The van der Waals surface area contributed by atoms with Gasteiger partial charge < -0.3 is 18.9 Å². The molecule has 0 N–H and O–H groups in total. The van der Waals surface area contributed by atoms with Crippen LogP contribution in [-0.2, 0) is 16.0 Å². The molecular weight excluding hydrogens is 540 g/mol. The van der Waals surface area contributed by atoms with Crippen molar-refractivity contribution in [2.45, 2.75) is 18.9 Å². The lowest BCUT2D eigenvalue weighted by Gasteiger charge is -2.31. The van der Waals surface area contributed by atoms with E-state index < -0.39 is 12.0 Å². The zero-order valence-corrected chi connectivity index (χ0v) is 23.7. The molecule has 4 aromatic rings. The fraction of sp³-hybridized carbons (Fsp3) is 0.219. The van der Waals surface area contributed by atoms with Crippen LogP contribution in [0.3, 0.4) is 0 Å². The van der Waals surface area contributed by atoms with E-state index >= 15 is 0 Å². The third-order valence-corrected chi connectivity index (χ3v) is 8.36. The Hall–Kier alpha value is -4.63. The number of thiazole rings is 1. The van der Waals surface area contributed by atoms with Crippen molar-refractivity contribution in [3.63, 3.8) is 0 Å². The van der Waals surface area contributed by atoms with Gasteiger partial charge in [-0.25, -0.2) is 9.79 Å². The van der Waals surface area contributed by atoms with Crippen LogP contribution >= 0.6 is 11.3 Å². The smallest absolute Gasteiger partial charge is 0.343 e. The number of rotatable bonds is 7. The Morgan fingerprint density at radius 2 is 1.76 bits per heavy atom. The lowest BCUT2D eigenvalue weighted by atomic mass is 9.83. The SMILES string of the molecule is COC(=O)COc1ccccc1C=c1sc2n(c1=O)C(c1cccc(OC)c1OC)C1=C(N=2)c2ccccc2CC1. The van der Waals surface area contributed by atoms with Crippen molar-refractivity contribution in [3.05, 3.63) is 114 Å². The highest BCUT2D eigenvalue weighted by molar-refractivity contribution is 7.07. The zero-order chi connectivity index (χ0) is 28.5. The van der Waals surface area contributed by atoms with Gasteiger partial charge in [0.1, 0.15) is 5.75 Å². The number of aryl methyl sites for hydroxylation is 1. The number of allylic oxidation sites excluding steroid dienone is 1. The summed E-state index contributed by atoms with van der Waals surface area (Å²) < 4.78 is 24.1. The van der Waals surface area contributed by atoms with Crippen LogP contribution < -0.4 is 29.1 Å². The van der Waals surface area contributed by atoms with E-state index in [0.717, 1.165) is 35.2 Å². The maximum absolute atomic E-state index is 14.2. The fourth-order valence-electron chi connectivity index (χ4n) is 5.49. The minimum Gasteiger partial charge on any atom is -0.493 e. The molecule has 0 spiro atoms. The monoisotopic (exact) mass is 568 g/mol. The lowest BCUT2D eigenvalue weighted by Crippen LogP contribution is -2.39. The number of aromatic nitrogens is 1. The van der Waals surface area contributed by atoms with Crippen LogP contribution in [0.4, 0.5) is 0 Å². The molecule has 9 heteroatoms. The van der Waals surface area contributed by atoms with Gasteiger partial charge in [-0.05, 0) is 42.2 Å². The molecule has 6 rings (SSSR count). The van der Waals surface area contributed by atoms with E-state index in [1.54, 1.807) is 30.9 Å². The quantitative estimate of drug-likeness (QED) is 0.315. The molecule has 1 aliphatic heterocycles. The number of nitrogens with zero attached hydrogens (tertiary/aromatic N) is 2. The molecule has 1 unspecified atom stereocenters. The molecule has 0 saturated carbocycles. The van der Waals surface area contributed by atoms with Crippen LogP contribution in [0.15, 0.2) is 82.1 Å². The van der Waals surface area contributed by atoms with E-state index in [4.69, 9.17) is 23.9 Å². The Kier molecular flexibility index (Phi) is 7.19. The number of para-hydroxylation sites is 2. The van der Waals surface area contributed by atoms with Crippen molar-refractivity contribution in [1.82, 2.24) is 4.57 Å². The third kappa shape index (κ3) is 4.72. The van der Waals surface area contributed by atoms with Gasteiger partial charge in [-0.15, -0.1) is 0 Å². The van der Waals surface area contributed by atoms with Crippen LogP contribution in [0.1, 0.15) is 34.7 Å². The second-order valence-electron chi connectivity index (χ2n) is 9.60. The number of carbonyl (C=O) groups excluding carboxylic acids is 1. The summed E-state index contributed by atoms with van der Waals surface area (Å²) in [5.41, 5.74) is 5.63. The zero-order valence-electron chi connectivity index (χ0n) is 22.9. The van der Waals surface area contributed by atoms with E-state index in [-0.39, 0.29) is 12.2 Å². The van der Waals surface area contributed by atoms with Crippen molar-refractivity contribution < 1.29 is 23.7 Å². The Bertz CT molecular complexity index is 1870. The lowest BCUT2D eigenvalue weighted by molar-refractivity contribution is -0.142. The molecule has 8 nitrogen and oxygen atoms in total. The summed E-state index contributed by atoms with van der Waals surface area (Å²) in [4.78, 5) is 31.5. The van der Waals surface area contributed by atoms with E-state index in [2.05, 4.69) is 12.1 Å². The first-order valence-electron chi connectivity index (χ1n) is 13.2. The molecule has 1 aliphatic carbocycles. The molecule has 1 aromatic heterocycles. The molecule has 3 aromatic carbocycles. The molecule has 0 radical (unpaired) electrons. The van der Waals surface area contributed by atoms with Gasteiger partial charge in [-0.3, -0.25) is 9.36 Å². The molecule has 41 heavy (non-hydrogen) atoms. The third-order valence-electron chi connectivity index (χ3n) is 7.38. The fourth-order valence-corrected chi connectivity index (χ4v) is 6.49. The van der Waals surface area contributed by atoms with Crippen molar-refractivity contribution >= 4 is 29.1 Å². The van der Waals surface area contributed by atoms with E-state index in [1.165, 1.54) is 24.0 Å². The average molecular weight is 569 g/mol. The van der Waals surface area contributed by atoms with Gasteiger partial charge in [0, 0.05) is 16.7 Å². The van der Waals surface area contributed by atoms with Crippen LogP contribution in [0.2, 0.25) is 0 Å². The average Bonchev–Trinajstić information content (AvgIpc) is 3.32. The maximum Gasteiger partial charge on any atom is 0.343 e. The first-order chi connectivity index (χ1) is 20.0. The summed E-state index contributed by atoms with van der Waals surface area (Å²) in [6.07, 6.45) is 3.39. The van der Waals surface area contributed by atoms with Crippen LogP contribution in [0.5, 0.6) is 17.2 Å². The van der Waals surface area contributed by atoms with Crippen molar-refractivity contribution in [1.29, 1.82) is 0 Å². The number of esters is 1. The second-order valence-corrected chi connectivity index (χ2v) is 10.6. The molecule has 208 valence electrons. The minimum atomic E-state index is -0.489. The van der Waals surface area contributed by atoms with Gasteiger partial charge in [0.25, 0.3) is 5.56 Å². The first-order valence-corrected chi connectivity index (χ1v) is 14.0. The molecule has 0 amide bonds. The van der Waals surface area contributed by atoms with Crippen LogP contribution in [0, 0.1) is 0 Å². The molecule has 2 aliphatic rings. The van der Waals surface area contributed by atoms with Crippen LogP contribution in [0.25, 0.3) is 11.8 Å². The Balaban J connectivity index is 1.58. The summed E-state index contributed by atoms with van der Waals surface area (Å²) in [6.45, 7) is -0.232. The first kappa shape index (κ1) is 26.6. The van der Waals surface area contributed by atoms with Gasteiger partial charge in [0.15, 0.2) is 22.9 Å². The summed E-state index contributed by atoms with van der Waals surface area (Å²) in [6, 6.07) is 20.9. The number of ether oxygens (including phenoxy) is 4. The van der Waals surface area contributed by atoms with Crippen molar-refractivity contribution in [3.8, 4) is 17.2 Å². The van der Waals surface area contributed by atoms with Gasteiger partial charge >= 0.3 is 5.97 Å². The molecule has 2 heterocycles. The Morgan fingerprint density at radius 1 is 0.976 bits per heavy atom. The van der Waals surface area contributed by atoms with Crippen molar-refractivity contribution in [2.75, 3.05) is 27.9 Å². The van der Waals surface area contributed by atoms with Gasteiger partial charge in [-0.2, -0.15) is 0 Å². The molecule has 0 saturated heterocycles. The van der Waals surface area contributed by atoms with E-state index in [9.17, 15) is 9.59 Å². The predicted molar refractivity (Wildman–Crippen MR) is 156 cm³/mol. The summed E-state index contributed by atoms with van der Waals surface area (Å²) in [5.74, 6) is 1.17. The Morgan fingerprint density at radius 3 is 2.56 bits per heavy atom. The normalized spacial score (nSPS) is 15.8.